The molecular formula is C11H8O4. The maximum Gasteiger partial charge on any atom is 0.349 e. The summed E-state index contributed by atoms with van der Waals surface area (Å²) in [5.41, 5.74) is 0.105. The highest BCUT2D eigenvalue weighted by atomic mass is 16.6. The van der Waals surface area contributed by atoms with E-state index in [1.807, 2.05) is 0 Å². The van der Waals surface area contributed by atoms with Crippen molar-refractivity contribution in [2.45, 2.75) is 0 Å². The summed E-state index contributed by atoms with van der Waals surface area (Å²) in [6, 6.07) is 9.27. The molecule has 0 aliphatic heterocycles. The van der Waals surface area contributed by atoms with Gasteiger partial charge in [0.25, 0.3) is 5.95 Å². The van der Waals surface area contributed by atoms with E-state index in [9.17, 15) is 9.90 Å². The second-order valence-electron chi connectivity index (χ2n) is 2.84. The normalized spacial score (nSPS) is 9.87. The zero-order valence-corrected chi connectivity index (χ0v) is 7.71. The molecule has 0 atom stereocenters. The molecule has 0 amide bonds. The van der Waals surface area contributed by atoms with Gasteiger partial charge in [-0.3, -0.25) is 0 Å². The highest BCUT2D eigenvalue weighted by Gasteiger charge is 2.13. The molecule has 2 rings (SSSR count). The van der Waals surface area contributed by atoms with Crippen molar-refractivity contribution in [3.8, 4) is 11.7 Å². The molecule has 0 spiro atoms. The first-order valence-electron chi connectivity index (χ1n) is 4.31. The van der Waals surface area contributed by atoms with Crippen molar-refractivity contribution < 1.29 is 19.1 Å². The van der Waals surface area contributed by atoms with Crippen molar-refractivity contribution >= 4 is 5.97 Å². The third-order valence-electron chi connectivity index (χ3n) is 1.81. The molecule has 1 aromatic carbocycles. The fourth-order valence-electron chi connectivity index (χ4n) is 1.11. The fraction of sp³-hybridized carbons (Fsp3) is 0. The predicted octanol–water partition coefficient (Wildman–Crippen LogP) is 2.20. The number of carbonyl (C=O) groups excluding carboxylic acids is 1. The minimum absolute atomic E-state index is 0.100. The van der Waals surface area contributed by atoms with E-state index in [0.29, 0.717) is 0 Å². The molecule has 15 heavy (non-hydrogen) atoms. The van der Waals surface area contributed by atoms with Gasteiger partial charge < -0.3 is 14.3 Å². The lowest BCUT2D eigenvalue weighted by Gasteiger charge is -2.02. The summed E-state index contributed by atoms with van der Waals surface area (Å²) in [6.07, 6.45) is 1.40. The molecule has 1 aromatic heterocycles. The second kappa shape index (κ2) is 3.88. The van der Waals surface area contributed by atoms with E-state index in [4.69, 9.17) is 9.15 Å². The molecule has 2 aromatic rings. The summed E-state index contributed by atoms with van der Waals surface area (Å²) < 4.78 is 9.70. The van der Waals surface area contributed by atoms with Crippen LogP contribution in [0.1, 0.15) is 10.4 Å². The number of rotatable bonds is 2. The third kappa shape index (κ3) is 1.99. The van der Waals surface area contributed by atoms with Gasteiger partial charge in [-0.15, -0.1) is 0 Å². The van der Waals surface area contributed by atoms with Crippen LogP contribution in [0, 0.1) is 0 Å². The van der Waals surface area contributed by atoms with Gasteiger partial charge >= 0.3 is 5.97 Å². The number of hydrogen-bond donors (Lipinski definition) is 1. The molecule has 0 saturated carbocycles. The van der Waals surface area contributed by atoms with Crippen molar-refractivity contribution in [2.75, 3.05) is 0 Å². The first-order valence-corrected chi connectivity index (χ1v) is 4.31. The first-order chi connectivity index (χ1) is 7.27. The Morgan fingerprint density at radius 3 is 2.67 bits per heavy atom. The topological polar surface area (TPSA) is 59.7 Å². The van der Waals surface area contributed by atoms with Gasteiger partial charge in [-0.2, -0.15) is 0 Å². The van der Waals surface area contributed by atoms with Crippen LogP contribution in [0.25, 0.3) is 0 Å². The van der Waals surface area contributed by atoms with Crippen LogP contribution < -0.4 is 4.74 Å². The van der Waals surface area contributed by atoms with Gasteiger partial charge in [-0.25, -0.2) is 4.79 Å². The van der Waals surface area contributed by atoms with E-state index in [1.54, 1.807) is 18.2 Å². The van der Waals surface area contributed by atoms with Crippen LogP contribution in [0.15, 0.2) is 47.1 Å². The predicted molar refractivity (Wildman–Crippen MR) is 51.8 cm³/mol. The Morgan fingerprint density at radius 1 is 1.20 bits per heavy atom. The minimum Gasteiger partial charge on any atom is -0.507 e. The Bertz CT molecular complexity index is 459. The van der Waals surface area contributed by atoms with Crippen LogP contribution >= 0.6 is 0 Å². The number of ether oxygens (including phenoxy) is 1. The maximum atomic E-state index is 11.5. The van der Waals surface area contributed by atoms with Crippen molar-refractivity contribution in [1.29, 1.82) is 0 Å². The molecule has 0 radical (unpaired) electrons. The Kier molecular flexibility index (Phi) is 2.41. The van der Waals surface area contributed by atoms with Crippen LogP contribution in [0.4, 0.5) is 0 Å². The molecule has 0 fully saturated rings. The number of benzene rings is 1. The van der Waals surface area contributed by atoms with E-state index >= 15 is 0 Å². The number of phenols is 1. The zero-order chi connectivity index (χ0) is 10.7. The average Bonchev–Trinajstić information content (AvgIpc) is 2.71. The maximum absolute atomic E-state index is 11.5. The lowest BCUT2D eigenvalue weighted by atomic mass is 10.2. The summed E-state index contributed by atoms with van der Waals surface area (Å²) in [5, 5.41) is 9.38. The van der Waals surface area contributed by atoms with Crippen molar-refractivity contribution in [1.82, 2.24) is 0 Å². The molecule has 76 valence electrons. The largest absolute Gasteiger partial charge is 0.507 e. The van der Waals surface area contributed by atoms with Gasteiger partial charge in [0.05, 0.1) is 6.26 Å². The summed E-state index contributed by atoms with van der Waals surface area (Å²) in [6.45, 7) is 0. The molecule has 4 nitrogen and oxygen atoms in total. The van der Waals surface area contributed by atoms with Crippen LogP contribution in [0.2, 0.25) is 0 Å². The monoisotopic (exact) mass is 204 g/mol. The number of carbonyl (C=O) groups is 1. The summed E-state index contributed by atoms with van der Waals surface area (Å²) in [5.74, 6) is -0.666. The Balaban J connectivity index is 2.19. The van der Waals surface area contributed by atoms with Gasteiger partial charge in [0.15, 0.2) is 0 Å². The third-order valence-corrected chi connectivity index (χ3v) is 1.81. The van der Waals surface area contributed by atoms with Crippen LogP contribution in [0.3, 0.4) is 0 Å². The summed E-state index contributed by atoms with van der Waals surface area (Å²) in [4.78, 5) is 11.5. The van der Waals surface area contributed by atoms with Crippen molar-refractivity contribution in [3.63, 3.8) is 0 Å². The number of furan rings is 1. The SMILES string of the molecule is O=C(Oc1ccco1)c1ccccc1O. The number of hydrogen-bond acceptors (Lipinski definition) is 4. The molecule has 1 heterocycles. The van der Waals surface area contributed by atoms with Gasteiger partial charge in [-0.05, 0) is 18.2 Å². The van der Waals surface area contributed by atoms with E-state index in [1.165, 1.54) is 24.5 Å². The molecule has 0 saturated heterocycles. The zero-order valence-electron chi connectivity index (χ0n) is 7.71. The first kappa shape index (κ1) is 9.33. The average molecular weight is 204 g/mol. The molecule has 0 bridgehead atoms. The number of phenolic OH excluding ortho intramolecular Hbond substituents is 1. The molecular weight excluding hydrogens is 196 g/mol. The minimum atomic E-state index is -0.650. The van der Waals surface area contributed by atoms with E-state index in [2.05, 4.69) is 0 Å². The van der Waals surface area contributed by atoms with Crippen LogP contribution in [-0.4, -0.2) is 11.1 Å². The number of aromatic hydroxyl groups is 1. The van der Waals surface area contributed by atoms with E-state index in [0.717, 1.165) is 0 Å². The van der Waals surface area contributed by atoms with Gasteiger partial charge in [-0.1, -0.05) is 12.1 Å². The molecule has 4 heteroatoms. The standard InChI is InChI=1S/C11H8O4/c12-9-5-2-1-4-8(9)11(13)15-10-6-3-7-14-10/h1-7,12H. The van der Waals surface area contributed by atoms with E-state index in [-0.39, 0.29) is 17.3 Å². The molecule has 0 aliphatic carbocycles. The fourth-order valence-corrected chi connectivity index (χ4v) is 1.11. The number of esters is 1. The Morgan fingerprint density at radius 2 is 2.00 bits per heavy atom. The summed E-state index contributed by atoms with van der Waals surface area (Å²) >= 11 is 0. The highest BCUT2D eigenvalue weighted by molar-refractivity contribution is 5.93. The van der Waals surface area contributed by atoms with Crippen LogP contribution in [-0.2, 0) is 0 Å². The molecule has 0 aliphatic rings. The van der Waals surface area contributed by atoms with E-state index < -0.39 is 5.97 Å². The lowest BCUT2D eigenvalue weighted by molar-refractivity contribution is 0.0691. The molecule has 1 N–H and O–H groups in total. The van der Waals surface area contributed by atoms with Gasteiger partial charge in [0.1, 0.15) is 11.3 Å². The highest BCUT2D eigenvalue weighted by Crippen LogP contribution is 2.19. The van der Waals surface area contributed by atoms with Gasteiger partial charge in [0, 0.05) is 6.07 Å². The lowest BCUT2D eigenvalue weighted by Crippen LogP contribution is -2.07. The number of para-hydroxylation sites is 1. The van der Waals surface area contributed by atoms with Crippen LogP contribution in [0.5, 0.6) is 11.7 Å². The summed E-state index contributed by atoms with van der Waals surface area (Å²) in [7, 11) is 0. The second-order valence-corrected chi connectivity index (χ2v) is 2.84. The molecule has 0 unspecified atom stereocenters. The smallest absolute Gasteiger partial charge is 0.349 e. The Hall–Kier alpha value is -2.23. The van der Waals surface area contributed by atoms with Crippen molar-refractivity contribution in [2.24, 2.45) is 0 Å². The van der Waals surface area contributed by atoms with Crippen molar-refractivity contribution in [3.05, 3.63) is 48.2 Å². The van der Waals surface area contributed by atoms with Gasteiger partial charge in [0.2, 0.25) is 0 Å². The Labute approximate surface area is 85.7 Å². The quantitative estimate of drug-likeness (QED) is 0.762.